The SMILES string of the molecule is NCC(C1CC1)N1CCC(N2CCCCC2)C1. The van der Waals surface area contributed by atoms with Crippen LogP contribution in [0.25, 0.3) is 0 Å². The van der Waals surface area contributed by atoms with Crippen molar-refractivity contribution in [3.8, 4) is 0 Å². The Balaban J connectivity index is 1.53. The zero-order valence-electron chi connectivity index (χ0n) is 11.0. The lowest BCUT2D eigenvalue weighted by molar-refractivity contribution is 0.148. The molecule has 2 unspecified atom stereocenters. The fourth-order valence-corrected chi connectivity index (χ4v) is 3.77. The minimum Gasteiger partial charge on any atom is -0.329 e. The highest BCUT2D eigenvalue weighted by atomic mass is 15.3. The monoisotopic (exact) mass is 237 g/mol. The molecule has 2 saturated heterocycles. The van der Waals surface area contributed by atoms with Gasteiger partial charge < -0.3 is 5.73 Å². The third-order valence-electron chi connectivity index (χ3n) is 4.98. The first-order valence-corrected chi connectivity index (χ1v) is 7.56. The smallest absolute Gasteiger partial charge is 0.0247 e. The molecular formula is C14H27N3. The van der Waals surface area contributed by atoms with Crippen molar-refractivity contribution in [3.63, 3.8) is 0 Å². The van der Waals surface area contributed by atoms with E-state index in [4.69, 9.17) is 5.73 Å². The summed E-state index contributed by atoms with van der Waals surface area (Å²) in [5.74, 6) is 0.931. The molecule has 0 radical (unpaired) electrons. The van der Waals surface area contributed by atoms with Crippen LogP contribution in [0.1, 0.15) is 38.5 Å². The molecule has 0 spiro atoms. The summed E-state index contributed by atoms with van der Waals surface area (Å²) < 4.78 is 0. The van der Waals surface area contributed by atoms with Crippen molar-refractivity contribution in [2.75, 3.05) is 32.7 Å². The predicted octanol–water partition coefficient (Wildman–Crippen LogP) is 1.28. The van der Waals surface area contributed by atoms with Crippen LogP contribution in [-0.4, -0.2) is 54.6 Å². The Morgan fingerprint density at radius 3 is 2.41 bits per heavy atom. The summed E-state index contributed by atoms with van der Waals surface area (Å²) in [4.78, 5) is 5.43. The van der Waals surface area contributed by atoms with Crippen LogP contribution in [0.5, 0.6) is 0 Å². The maximum atomic E-state index is 5.96. The van der Waals surface area contributed by atoms with E-state index in [1.165, 1.54) is 64.7 Å². The topological polar surface area (TPSA) is 32.5 Å². The maximum absolute atomic E-state index is 5.96. The number of rotatable bonds is 4. The average molecular weight is 237 g/mol. The van der Waals surface area contributed by atoms with Crippen LogP contribution in [0.2, 0.25) is 0 Å². The van der Waals surface area contributed by atoms with Crippen molar-refractivity contribution in [1.82, 2.24) is 9.80 Å². The average Bonchev–Trinajstić information content (AvgIpc) is 3.09. The van der Waals surface area contributed by atoms with Gasteiger partial charge in [0.1, 0.15) is 0 Å². The number of hydrogen-bond donors (Lipinski definition) is 1. The third-order valence-corrected chi connectivity index (χ3v) is 4.98. The van der Waals surface area contributed by atoms with Gasteiger partial charge in [0.2, 0.25) is 0 Å². The van der Waals surface area contributed by atoms with Gasteiger partial charge in [-0.2, -0.15) is 0 Å². The van der Waals surface area contributed by atoms with Crippen molar-refractivity contribution >= 4 is 0 Å². The van der Waals surface area contributed by atoms with Gasteiger partial charge in [-0.3, -0.25) is 9.80 Å². The highest BCUT2D eigenvalue weighted by molar-refractivity contribution is 4.94. The summed E-state index contributed by atoms with van der Waals surface area (Å²) in [6.07, 6.45) is 8.50. The predicted molar refractivity (Wildman–Crippen MR) is 71.0 cm³/mol. The van der Waals surface area contributed by atoms with E-state index < -0.39 is 0 Å². The number of nitrogens with two attached hydrogens (primary N) is 1. The lowest BCUT2D eigenvalue weighted by Crippen LogP contribution is -2.45. The zero-order valence-corrected chi connectivity index (χ0v) is 11.0. The Kier molecular flexibility index (Phi) is 3.69. The highest BCUT2D eigenvalue weighted by Crippen LogP contribution is 2.36. The molecular weight excluding hydrogens is 210 g/mol. The summed E-state index contributed by atoms with van der Waals surface area (Å²) in [6, 6.07) is 1.54. The van der Waals surface area contributed by atoms with Crippen LogP contribution < -0.4 is 5.73 Å². The molecule has 3 fully saturated rings. The van der Waals surface area contributed by atoms with Crippen LogP contribution in [0.15, 0.2) is 0 Å². The molecule has 17 heavy (non-hydrogen) atoms. The van der Waals surface area contributed by atoms with Gasteiger partial charge in [-0.1, -0.05) is 6.42 Å². The number of likely N-dealkylation sites (tertiary alicyclic amines) is 2. The minimum atomic E-state index is 0.699. The standard InChI is InChI=1S/C14H27N3/c15-10-14(12-4-5-12)17-9-6-13(11-17)16-7-2-1-3-8-16/h12-14H,1-11,15H2. The van der Waals surface area contributed by atoms with Crippen molar-refractivity contribution in [1.29, 1.82) is 0 Å². The molecule has 2 atom stereocenters. The van der Waals surface area contributed by atoms with E-state index in [-0.39, 0.29) is 0 Å². The first kappa shape index (κ1) is 11.9. The van der Waals surface area contributed by atoms with E-state index in [1.54, 1.807) is 0 Å². The van der Waals surface area contributed by atoms with Crippen LogP contribution in [0.4, 0.5) is 0 Å². The van der Waals surface area contributed by atoms with Crippen LogP contribution in [-0.2, 0) is 0 Å². The highest BCUT2D eigenvalue weighted by Gasteiger charge is 2.38. The van der Waals surface area contributed by atoms with Crippen LogP contribution >= 0.6 is 0 Å². The second-order valence-corrected chi connectivity index (χ2v) is 6.17. The second-order valence-electron chi connectivity index (χ2n) is 6.17. The van der Waals surface area contributed by atoms with Crippen molar-refractivity contribution < 1.29 is 0 Å². The van der Waals surface area contributed by atoms with Gasteiger partial charge in [-0.25, -0.2) is 0 Å². The molecule has 1 aliphatic carbocycles. The molecule has 1 saturated carbocycles. The summed E-state index contributed by atoms with van der Waals surface area (Å²) in [5.41, 5.74) is 5.96. The lowest BCUT2D eigenvalue weighted by atomic mass is 10.1. The molecule has 0 amide bonds. The van der Waals surface area contributed by atoms with Crippen molar-refractivity contribution in [3.05, 3.63) is 0 Å². The molecule has 2 aliphatic heterocycles. The van der Waals surface area contributed by atoms with E-state index in [0.717, 1.165) is 18.5 Å². The molecule has 98 valence electrons. The molecule has 2 N–H and O–H groups in total. The Morgan fingerprint density at radius 1 is 1.00 bits per heavy atom. The maximum Gasteiger partial charge on any atom is 0.0247 e. The first-order valence-electron chi connectivity index (χ1n) is 7.56. The van der Waals surface area contributed by atoms with Crippen LogP contribution in [0, 0.1) is 5.92 Å². The largest absolute Gasteiger partial charge is 0.329 e. The summed E-state index contributed by atoms with van der Waals surface area (Å²) in [5, 5.41) is 0. The van der Waals surface area contributed by atoms with Gasteiger partial charge in [0.15, 0.2) is 0 Å². The Labute approximate surface area is 105 Å². The summed E-state index contributed by atoms with van der Waals surface area (Å²) >= 11 is 0. The van der Waals surface area contributed by atoms with Crippen LogP contribution in [0.3, 0.4) is 0 Å². The molecule has 0 bridgehead atoms. The molecule has 2 heterocycles. The van der Waals surface area contributed by atoms with Crippen molar-refractivity contribution in [2.45, 2.75) is 50.6 Å². The van der Waals surface area contributed by atoms with E-state index in [1.807, 2.05) is 0 Å². The number of nitrogens with zero attached hydrogens (tertiary/aromatic N) is 2. The zero-order chi connectivity index (χ0) is 11.7. The van der Waals surface area contributed by atoms with Gasteiger partial charge in [-0.15, -0.1) is 0 Å². The van der Waals surface area contributed by atoms with Gasteiger partial charge in [-0.05, 0) is 51.1 Å². The fourth-order valence-electron chi connectivity index (χ4n) is 3.77. The molecule has 0 aromatic heterocycles. The van der Waals surface area contributed by atoms with Crippen molar-refractivity contribution in [2.24, 2.45) is 11.7 Å². The fraction of sp³-hybridized carbons (Fsp3) is 1.00. The first-order chi connectivity index (χ1) is 8.38. The number of piperidine rings is 1. The van der Waals surface area contributed by atoms with E-state index in [0.29, 0.717) is 6.04 Å². The van der Waals surface area contributed by atoms with Gasteiger partial charge in [0.05, 0.1) is 0 Å². The third kappa shape index (κ3) is 2.67. The second kappa shape index (κ2) is 5.25. The minimum absolute atomic E-state index is 0.699. The van der Waals surface area contributed by atoms with E-state index in [2.05, 4.69) is 9.80 Å². The van der Waals surface area contributed by atoms with Gasteiger partial charge in [0, 0.05) is 31.7 Å². The summed E-state index contributed by atoms with van der Waals surface area (Å²) in [7, 11) is 0. The number of hydrogen-bond acceptors (Lipinski definition) is 3. The van der Waals surface area contributed by atoms with Gasteiger partial charge in [0.25, 0.3) is 0 Å². The Hall–Kier alpha value is -0.120. The van der Waals surface area contributed by atoms with E-state index >= 15 is 0 Å². The quantitative estimate of drug-likeness (QED) is 0.799. The summed E-state index contributed by atoms with van der Waals surface area (Å²) in [6.45, 7) is 6.14. The molecule has 3 rings (SSSR count). The Bertz CT molecular complexity index is 246. The molecule has 3 heteroatoms. The molecule has 0 aromatic rings. The Morgan fingerprint density at radius 2 is 1.76 bits per heavy atom. The van der Waals surface area contributed by atoms with Gasteiger partial charge >= 0.3 is 0 Å². The normalized spacial score (nSPS) is 34.1. The lowest BCUT2D eigenvalue weighted by Gasteiger charge is -2.33. The molecule has 3 nitrogen and oxygen atoms in total. The molecule has 0 aromatic carbocycles. The molecule has 3 aliphatic rings. The van der Waals surface area contributed by atoms with E-state index in [9.17, 15) is 0 Å².